The molecule has 0 bridgehead atoms. The fraction of sp³-hybridized carbons (Fsp3) is 0.588. The molecule has 0 spiro atoms. The largest absolute Gasteiger partial charge is 0.394 e. The molecule has 0 radical (unpaired) electrons. The van der Waals surface area contributed by atoms with E-state index in [1.54, 1.807) is 24.3 Å². The van der Waals surface area contributed by atoms with E-state index < -0.39 is 0 Å². The van der Waals surface area contributed by atoms with Gasteiger partial charge in [-0.05, 0) is 12.1 Å². The van der Waals surface area contributed by atoms with Crippen LogP contribution in [0.15, 0.2) is 36.4 Å². The molecular formula is C34H54Cl2N4O10. The van der Waals surface area contributed by atoms with Gasteiger partial charge in [0.1, 0.15) is 0 Å². The lowest BCUT2D eigenvalue weighted by Crippen LogP contribution is -2.29. The molecule has 284 valence electrons. The molecule has 0 unspecified atom stereocenters. The number of aliphatic hydroxyl groups is 2. The smallest absolute Gasteiger partial charge is 0.196 e. The summed E-state index contributed by atoms with van der Waals surface area (Å²) < 4.78 is 32.2. The molecule has 6 N–H and O–H groups in total. The average molecular weight is 750 g/mol. The number of benzene rings is 2. The normalized spacial score (nSPS) is 11.8. The topological polar surface area (TPSA) is 178 Å². The SMILES string of the molecule is Cl.Cl.O=C1c2ccccc2C(=O)c2c(NCCNCCOCCOCCOCCO)ccc(NCCNCCOCCOCCOCCO)c21. The summed E-state index contributed by atoms with van der Waals surface area (Å²) in [7, 11) is 0. The third-order valence-corrected chi connectivity index (χ3v) is 7.12. The number of hydrogen-bond acceptors (Lipinski definition) is 14. The second-order valence-electron chi connectivity index (χ2n) is 10.6. The van der Waals surface area contributed by atoms with Crippen molar-refractivity contribution in [2.24, 2.45) is 0 Å². The van der Waals surface area contributed by atoms with E-state index in [4.69, 9.17) is 38.6 Å². The number of fused-ring (bicyclic) bond motifs is 2. The minimum atomic E-state index is -0.174. The number of carbonyl (C=O) groups excluding carboxylic acids is 2. The van der Waals surface area contributed by atoms with Crippen LogP contribution in [-0.4, -0.2) is 154 Å². The molecule has 0 heterocycles. The molecule has 0 saturated carbocycles. The van der Waals surface area contributed by atoms with Crippen LogP contribution in [0, 0.1) is 0 Å². The average Bonchev–Trinajstić information content (AvgIpc) is 3.11. The van der Waals surface area contributed by atoms with Crippen LogP contribution in [0.5, 0.6) is 0 Å². The van der Waals surface area contributed by atoms with Crippen molar-refractivity contribution < 1.29 is 48.2 Å². The molecule has 0 fully saturated rings. The number of rotatable bonds is 30. The fourth-order valence-corrected chi connectivity index (χ4v) is 4.84. The van der Waals surface area contributed by atoms with Crippen LogP contribution in [0.3, 0.4) is 0 Å². The first-order valence-electron chi connectivity index (χ1n) is 16.6. The molecular weight excluding hydrogens is 695 g/mol. The minimum absolute atomic E-state index is 0. The third-order valence-electron chi connectivity index (χ3n) is 7.12. The van der Waals surface area contributed by atoms with E-state index in [-0.39, 0.29) is 49.6 Å². The summed E-state index contributed by atoms with van der Waals surface area (Å²) >= 11 is 0. The van der Waals surface area contributed by atoms with E-state index in [0.717, 1.165) is 0 Å². The van der Waals surface area contributed by atoms with Gasteiger partial charge in [0.2, 0.25) is 0 Å². The van der Waals surface area contributed by atoms with E-state index in [9.17, 15) is 9.59 Å². The second-order valence-corrected chi connectivity index (χ2v) is 10.6. The number of anilines is 2. The van der Waals surface area contributed by atoms with Gasteiger partial charge in [0, 0.05) is 61.8 Å². The number of ketones is 2. The zero-order chi connectivity index (χ0) is 34.1. The number of halogens is 2. The summed E-state index contributed by atoms with van der Waals surface area (Å²) in [6, 6.07) is 10.6. The van der Waals surface area contributed by atoms with Gasteiger partial charge in [-0.15, -0.1) is 24.8 Å². The number of carbonyl (C=O) groups is 2. The first kappa shape index (κ1) is 45.6. The molecule has 0 aliphatic heterocycles. The van der Waals surface area contributed by atoms with E-state index in [1.807, 2.05) is 12.1 Å². The molecule has 50 heavy (non-hydrogen) atoms. The maximum atomic E-state index is 13.6. The van der Waals surface area contributed by atoms with E-state index in [2.05, 4.69) is 21.3 Å². The lowest BCUT2D eigenvalue weighted by atomic mass is 9.82. The Morgan fingerprint density at radius 3 is 1.14 bits per heavy atom. The van der Waals surface area contributed by atoms with E-state index >= 15 is 0 Å². The van der Waals surface area contributed by atoms with Crippen molar-refractivity contribution in [1.29, 1.82) is 0 Å². The van der Waals surface area contributed by atoms with Crippen LogP contribution in [-0.2, 0) is 28.4 Å². The number of ether oxygens (including phenoxy) is 6. The zero-order valence-electron chi connectivity index (χ0n) is 28.6. The Kier molecular flexibility index (Phi) is 26.6. The number of hydrogen-bond donors (Lipinski definition) is 6. The van der Waals surface area contributed by atoms with Gasteiger partial charge in [0.05, 0.1) is 104 Å². The molecule has 1 aliphatic carbocycles. The first-order valence-corrected chi connectivity index (χ1v) is 16.6. The van der Waals surface area contributed by atoms with Crippen molar-refractivity contribution in [3.63, 3.8) is 0 Å². The Morgan fingerprint density at radius 1 is 0.440 bits per heavy atom. The summed E-state index contributed by atoms with van der Waals surface area (Å²) in [5.74, 6) is -0.348. The standard InChI is InChI=1S/C34H52N4O10.2ClH/c39-13-17-45-21-25-47-23-19-43-15-11-35-7-9-37-29-5-6-30(32-31(29)33(41)27-3-1-2-4-28(27)34(32)42)38-10-8-36-12-16-44-20-24-48-26-22-46-18-14-40;;/h1-6,35-40H,7-26H2;2*1H. The Hall–Kier alpha value is -2.44. The predicted molar refractivity (Wildman–Crippen MR) is 196 cm³/mol. The number of nitrogens with one attached hydrogen (secondary N) is 4. The van der Waals surface area contributed by atoms with Gasteiger partial charge >= 0.3 is 0 Å². The highest BCUT2D eigenvalue weighted by atomic mass is 35.5. The van der Waals surface area contributed by atoms with Crippen LogP contribution >= 0.6 is 24.8 Å². The van der Waals surface area contributed by atoms with Crippen molar-refractivity contribution in [2.75, 3.05) is 142 Å². The summed E-state index contributed by atoms with van der Waals surface area (Å²) in [6.07, 6.45) is 0. The van der Waals surface area contributed by atoms with Gasteiger partial charge in [0.15, 0.2) is 11.6 Å². The van der Waals surface area contributed by atoms with Gasteiger partial charge in [-0.1, -0.05) is 24.3 Å². The molecule has 0 atom stereocenters. The first-order chi connectivity index (χ1) is 23.7. The van der Waals surface area contributed by atoms with Crippen LogP contribution in [0.1, 0.15) is 31.8 Å². The highest BCUT2D eigenvalue weighted by molar-refractivity contribution is 6.31. The molecule has 2 aromatic carbocycles. The second kappa shape index (κ2) is 29.2. The van der Waals surface area contributed by atoms with Crippen LogP contribution < -0.4 is 21.3 Å². The van der Waals surface area contributed by atoms with Crippen molar-refractivity contribution in [1.82, 2.24) is 10.6 Å². The molecule has 1 aliphatic rings. The summed E-state index contributed by atoms with van der Waals surface area (Å²) in [6.45, 7) is 9.12. The molecule has 0 saturated heterocycles. The molecule has 14 nitrogen and oxygen atoms in total. The van der Waals surface area contributed by atoms with Gasteiger partial charge < -0.3 is 59.9 Å². The molecule has 0 aromatic heterocycles. The van der Waals surface area contributed by atoms with Gasteiger partial charge in [-0.3, -0.25) is 9.59 Å². The maximum absolute atomic E-state index is 13.6. The van der Waals surface area contributed by atoms with Crippen LogP contribution in [0.4, 0.5) is 11.4 Å². The lowest BCUT2D eigenvalue weighted by Gasteiger charge is -2.24. The molecule has 2 aromatic rings. The molecule has 16 heteroatoms. The Balaban J connectivity index is 0.00000625. The van der Waals surface area contributed by atoms with Crippen molar-refractivity contribution in [2.45, 2.75) is 0 Å². The summed E-state index contributed by atoms with van der Waals surface area (Å²) in [4.78, 5) is 27.3. The highest BCUT2D eigenvalue weighted by Crippen LogP contribution is 2.36. The Labute approximate surface area is 307 Å². The van der Waals surface area contributed by atoms with Crippen LogP contribution in [0.25, 0.3) is 0 Å². The van der Waals surface area contributed by atoms with Crippen molar-refractivity contribution in [3.8, 4) is 0 Å². The van der Waals surface area contributed by atoms with Crippen LogP contribution in [0.2, 0.25) is 0 Å². The monoisotopic (exact) mass is 748 g/mol. The third kappa shape index (κ3) is 16.7. The van der Waals surface area contributed by atoms with E-state index in [1.165, 1.54) is 0 Å². The quantitative estimate of drug-likeness (QED) is 0.0539. The molecule has 0 amide bonds. The number of aliphatic hydroxyl groups excluding tert-OH is 2. The summed E-state index contributed by atoms with van der Waals surface area (Å²) in [5, 5.41) is 30.6. The Morgan fingerprint density at radius 2 is 0.780 bits per heavy atom. The highest BCUT2D eigenvalue weighted by Gasteiger charge is 2.33. The van der Waals surface area contributed by atoms with Crippen molar-refractivity contribution in [3.05, 3.63) is 58.7 Å². The van der Waals surface area contributed by atoms with Gasteiger partial charge in [-0.25, -0.2) is 0 Å². The Bertz CT molecular complexity index is 1120. The van der Waals surface area contributed by atoms with Gasteiger partial charge in [0.25, 0.3) is 0 Å². The lowest BCUT2D eigenvalue weighted by molar-refractivity contribution is 0.00824. The molecule has 3 rings (SSSR count). The zero-order valence-corrected chi connectivity index (χ0v) is 30.2. The fourth-order valence-electron chi connectivity index (χ4n) is 4.84. The summed E-state index contributed by atoms with van der Waals surface area (Å²) in [5.41, 5.74) is 2.84. The maximum Gasteiger partial charge on any atom is 0.196 e. The minimum Gasteiger partial charge on any atom is -0.394 e. The van der Waals surface area contributed by atoms with E-state index in [0.29, 0.717) is 152 Å². The van der Waals surface area contributed by atoms with Crippen molar-refractivity contribution >= 4 is 47.8 Å². The predicted octanol–water partition coefficient (Wildman–Crippen LogP) is 1.39. The van der Waals surface area contributed by atoms with Gasteiger partial charge in [-0.2, -0.15) is 0 Å².